The van der Waals surface area contributed by atoms with Crippen LogP contribution in [0.1, 0.15) is 37.2 Å². The molecule has 3 heteroatoms. The van der Waals surface area contributed by atoms with E-state index in [4.69, 9.17) is 10.5 Å². The van der Waals surface area contributed by atoms with Gasteiger partial charge in [0.25, 0.3) is 0 Å². The Morgan fingerprint density at radius 3 is 2.65 bits per heavy atom. The maximum absolute atomic E-state index is 13.7. The van der Waals surface area contributed by atoms with Gasteiger partial charge in [0.05, 0.1) is 7.11 Å². The highest BCUT2D eigenvalue weighted by Gasteiger charge is 2.25. The molecule has 1 aromatic rings. The minimum absolute atomic E-state index is 0.290. The smallest absolute Gasteiger partial charge is 0.165 e. The van der Waals surface area contributed by atoms with E-state index >= 15 is 0 Å². The fraction of sp³-hybridized carbons (Fsp3) is 0.571. The fourth-order valence-corrected chi connectivity index (χ4v) is 2.87. The summed E-state index contributed by atoms with van der Waals surface area (Å²) >= 11 is 0. The Hall–Kier alpha value is -1.09. The van der Waals surface area contributed by atoms with Crippen molar-refractivity contribution >= 4 is 0 Å². The lowest BCUT2D eigenvalue weighted by Crippen LogP contribution is -2.19. The number of hydrogen-bond acceptors (Lipinski definition) is 2. The summed E-state index contributed by atoms with van der Waals surface area (Å²) in [5, 5.41) is 0. The van der Waals surface area contributed by atoms with Crippen LogP contribution in [-0.4, -0.2) is 13.7 Å². The van der Waals surface area contributed by atoms with Gasteiger partial charge in [-0.25, -0.2) is 4.39 Å². The lowest BCUT2D eigenvalue weighted by Gasteiger charge is -2.22. The van der Waals surface area contributed by atoms with Gasteiger partial charge in [-0.15, -0.1) is 0 Å². The third kappa shape index (κ3) is 2.60. The van der Waals surface area contributed by atoms with Crippen molar-refractivity contribution in [3.05, 3.63) is 29.6 Å². The first-order valence-corrected chi connectivity index (χ1v) is 6.29. The first kappa shape index (κ1) is 12.4. The average Bonchev–Trinajstić information content (AvgIpc) is 2.84. The van der Waals surface area contributed by atoms with Crippen molar-refractivity contribution in [2.75, 3.05) is 13.7 Å². The first-order valence-electron chi connectivity index (χ1n) is 6.29. The van der Waals surface area contributed by atoms with E-state index in [9.17, 15) is 4.39 Å². The lowest BCUT2D eigenvalue weighted by atomic mass is 9.85. The highest BCUT2D eigenvalue weighted by atomic mass is 19.1. The van der Waals surface area contributed by atoms with Crippen LogP contribution in [0.25, 0.3) is 0 Å². The maximum atomic E-state index is 13.7. The third-order valence-electron chi connectivity index (χ3n) is 3.83. The number of benzene rings is 1. The first-order chi connectivity index (χ1) is 8.26. The summed E-state index contributed by atoms with van der Waals surface area (Å²) in [4.78, 5) is 0. The normalized spacial score (nSPS) is 18.3. The molecule has 0 heterocycles. The summed E-state index contributed by atoms with van der Waals surface area (Å²) in [7, 11) is 1.48. The molecule has 1 unspecified atom stereocenters. The zero-order chi connectivity index (χ0) is 12.3. The highest BCUT2D eigenvalue weighted by Crippen LogP contribution is 2.37. The van der Waals surface area contributed by atoms with Gasteiger partial charge in [0.2, 0.25) is 0 Å². The van der Waals surface area contributed by atoms with Crippen molar-refractivity contribution in [2.45, 2.75) is 31.6 Å². The van der Waals surface area contributed by atoms with Crippen LogP contribution in [-0.2, 0) is 0 Å². The minimum Gasteiger partial charge on any atom is -0.494 e. The topological polar surface area (TPSA) is 35.2 Å². The number of halogens is 1. The molecule has 0 aromatic heterocycles. The molecule has 1 aliphatic rings. The molecule has 0 amide bonds. The predicted octanol–water partition coefficient (Wildman–Crippen LogP) is 3.07. The summed E-state index contributed by atoms with van der Waals surface area (Å²) in [6, 6.07) is 5.22. The van der Waals surface area contributed by atoms with E-state index in [-0.39, 0.29) is 11.7 Å². The van der Waals surface area contributed by atoms with Crippen LogP contribution in [0.3, 0.4) is 0 Å². The van der Waals surface area contributed by atoms with Crippen LogP contribution in [0.5, 0.6) is 5.75 Å². The van der Waals surface area contributed by atoms with Crippen molar-refractivity contribution in [3.8, 4) is 5.75 Å². The Bertz CT molecular complexity index is 374. The Balaban J connectivity index is 2.21. The van der Waals surface area contributed by atoms with E-state index in [0.29, 0.717) is 18.2 Å². The van der Waals surface area contributed by atoms with Crippen LogP contribution < -0.4 is 10.5 Å². The van der Waals surface area contributed by atoms with E-state index in [0.717, 1.165) is 5.56 Å². The molecule has 1 saturated carbocycles. The second-order valence-electron chi connectivity index (χ2n) is 4.78. The molecule has 94 valence electrons. The Morgan fingerprint density at radius 2 is 2.12 bits per heavy atom. The van der Waals surface area contributed by atoms with Crippen LogP contribution >= 0.6 is 0 Å². The molecule has 0 saturated heterocycles. The standard InChI is InChI=1S/C14H20FNO/c1-17-14-7-6-11(8-13(14)15)12(9-16)10-4-2-3-5-10/h6-8,10,12H,2-5,9,16H2,1H3. The van der Waals surface area contributed by atoms with E-state index in [2.05, 4.69) is 0 Å². The van der Waals surface area contributed by atoms with Crippen molar-refractivity contribution in [2.24, 2.45) is 11.7 Å². The molecule has 0 bridgehead atoms. The summed E-state index contributed by atoms with van der Waals surface area (Å²) < 4.78 is 18.6. The van der Waals surface area contributed by atoms with E-state index < -0.39 is 0 Å². The van der Waals surface area contributed by atoms with E-state index in [1.165, 1.54) is 32.8 Å². The molecule has 1 atom stereocenters. The van der Waals surface area contributed by atoms with Crippen LogP contribution in [0.4, 0.5) is 4.39 Å². The molecular formula is C14H20FNO. The zero-order valence-corrected chi connectivity index (χ0v) is 10.3. The molecule has 2 rings (SSSR count). The highest BCUT2D eigenvalue weighted by molar-refractivity contribution is 5.32. The maximum Gasteiger partial charge on any atom is 0.165 e. The summed E-state index contributed by atoms with van der Waals surface area (Å²) in [6.45, 7) is 0.594. The van der Waals surface area contributed by atoms with E-state index in [1.54, 1.807) is 12.1 Å². The molecule has 0 radical (unpaired) electrons. The summed E-state index contributed by atoms with van der Waals surface area (Å²) in [6.07, 6.45) is 4.99. The van der Waals surface area contributed by atoms with Crippen LogP contribution in [0.2, 0.25) is 0 Å². The van der Waals surface area contributed by atoms with E-state index in [1.807, 2.05) is 6.07 Å². The van der Waals surface area contributed by atoms with Gasteiger partial charge in [0.1, 0.15) is 0 Å². The van der Waals surface area contributed by atoms with Crippen molar-refractivity contribution in [1.82, 2.24) is 0 Å². The predicted molar refractivity (Wildman–Crippen MR) is 66.7 cm³/mol. The van der Waals surface area contributed by atoms with Gasteiger partial charge < -0.3 is 10.5 Å². The summed E-state index contributed by atoms with van der Waals surface area (Å²) in [5.74, 6) is 0.920. The zero-order valence-electron chi connectivity index (χ0n) is 10.3. The van der Waals surface area contributed by atoms with Crippen LogP contribution in [0, 0.1) is 11.7 Å². The van der Waals surface area contributed by atoms with Crippen LogP contribution in [0.15, 0.2) is 18.2 Å². The largest absolute Gasteiger partial charge is 0.494 e. The molecule has 2 N–H and O–H groups in total. The molecule has 0 spiro atoms. The Morgan fingerprint density at radius 1 is 1.41 bits per heavy atom. The molecule has 0 aliphatic heterocycles. The van der Waals surface area contributed by atoms with Gasteiger partial charge in [-0.05, 0) is 48.9 Å². The van der Waals surface area contributed by atoms with Gasteiger partial charge in [-0.1, -0.05) is 18.9 Å². The number of nitrogens with two attached hydrogens (primary N) is 1. The minimum atomic E-state index is -0.290. The Labute approximate surface area is 102 Å². The SMILES string of the molecule is COc1ccc(C(CN)C2CCCC2)cc1F. The number of ether oxygens (including phenoxy) is 1. The van der Waals surface area contributed by atoms with Gasteiger partial charge in [0.15, 0.2) is 11.6 Å². The van der Waals surface area contributed by atoms with Gasteiger partial charge >= 0.3 is 0 Å². The molecule has 2 nitrogen and oxygen atoms in total. The van der Waals surface area contributed by atoms with Crippen molar-refractivity contribution in [1.29, 1.82) is 0 Å². The van der Waals surface area contributed by atoms with Gasteiger partial charge in [-0.2, -0.15) is 0 Å². The monoisotopic (exact) mass is 237 g/mol. The van der Waals surface area contributed by atoms with Crippen molar-refractivity contribution in [3.63, 3.8) is 0 Å². The lowest BCUT2D eigenvalue weighted by molar-refractivity contribution is 0.384. The quantitative estimate of drug-likeness (QED) is 0.873. The van der Waals surface area contributed by atoms with Crippen molar-refractivity contribution < 1.29 is 9.13 Å². The van der Waals surface area contributed by atoms with Gasteiger partial charge in [0, 0.05) is 0 Å². The molecule has 17 heavy (non-hydrogen) atoms. The second-order valence-corrected chi connectivity index (χ2v) is 4.78. The average molecular weight is 237 g/mol. The number of hydrogen-bond donors (Lipinski definition) is 1. The number of rotatable bonds is 4. The fourth-order valence-electron chi connectivity index (χ4n) is 2.87. The second kappa shape index (κ2) is 5.50. The summed E-state index contributed by atoms with van der Waals surface area (Å²) in [5.41, 5.74) is 6.86. The molecule has 1 aromatic carbocycles. The molecular weight excluding hydrogens is 217 g/mol. The molecule has 1 fully saturated rings. The Kier molecular flexibility index (Phi) is 4.00. The number of methoxy groups -OCH3 is 1. The molecule has 1 aliphatic carbocycles. The van der Waals surface area contributed by atoms with Gasteiger partial charge in [-0.3, -0.25) is 0 Å². The third-order valence-corrected chi connectivity index (χ3v) is 3.83.